The smallest absolute Gasteiger partial charge is 0.253 e. The molecular formula is C24H26N4O2. The summed E-state index contributed by atoms with van der Waals surface area (Å²) in [6.07, 6.45) is 2.75. The van der Waals surface area contributed by atoms with E-state index in [4.69, 9.17) is 10.5 Å². The standard InChI is InChI=1S/C24H26N4O2/c1-2-17-3-7-20(8-4-17)30-21-9-5-19(6-10-21)24(29)28-15-13-18(14-16-28)22-11-12-23(25)27-26-22/h3-12,18H,2,13-16H2,1H3,(H2,25,27). The molecule has 1 aliphatic heterocycles. The van der Waals surface area contributed by atoms with E-state index in [-0.39, 0.29) is 5.91 Å². The molecule has 0 saturated carbocycles. The van der Waals surface area contributed by atoms with E-state index < -0.39 is 0 Å². The van der Waals surface area contributed by atoms with Crippen molar-refractivity contribution in [2.24, 2.45) is 0 Å². The molecule has 3 aromatic rings. The number of anilines is 1. The van der Waals surface area contributed by atoms with Gasteiger partial charge in [0.2, 0.25) is 0 Å². The first-order chi connectivity index (χ1) is 14.6. The van der Waals surface area contributed by atoms with Crippen LogP contribution in [0.4, 0.5) is 5.82 Å². The highest BCUT2D eigenvalue weighted by Crippen LogP contribution is 2.28. The maximum absolute atomic E-state index is 12.9. The summed E-state index contributed by atoms with van der Waals surface area (Å²) in [5, 5.41) is 8.13. The van der Waals surface area contributed by atoms with Gasteiger partial charge in [-0.1, -0.05) is 19.1 Å². The van der Waals surface area contributed by atoms with Crippen molar-refractivity contribution in [1.29, 1.82) is 0 Å². The zero-order valence-corrected chi connectivity index (χ0v) is 17.1. The minimum Gasteiger partial charge on any atom is -0.457 e. The predicted molar refractivity (Wildman–Crippen MR) is 117 cm³/mol. The molecule has 0 bridgehead atoms. The average Bonchev–Trinajstić information content (AvgIpc) is 2.80. The first kappa shape index (κ1) is 19.9. The van der Waals surface area contributed by atoms with Crippen LogP contribution in [-0.2, 0) is 6.42 Å². The Kier molecular flexibility index (Phi) is 5.93. The lowest BCUT2D eigenvalue weighted by atomic mass is 9.93. The number of hydrogen-bond acceptors (Lipinski definition) is 5. The fourth-order valence-corrected chi connectivity index (χ4v) is 3.73. The van der Waals surface area contributed by atoms with E-state index >= 15 is 0 Å². The first-order valence-electron chi connectivity index (χ1n) is 10.4. The number of nitrogens with zero attached hydrogens (tertiary/aromatic N) is 3. The van der Waals surface area contributed by atoms with Crippen LogP contribution in [0.1, 0.15) is 47.3 Å². The van der Waals surface area contributed by atoms with Gasteiger partial charge in [-0.3, -0.25) is 4.79 Å². The number of carbonyl (C=O) groups is 1. The van der Waals surface area contributed by atoms with Gasteiger partial charge < -0.3 is 15.4 Å². The molecule has 0 aliphatic carbocycles. The third kappa shape index (κ3) is 4.59. The fourth-order valence-electron chi connectivity index (χ4n) is 3.73. The maximum atomic E-state index is 12.9. The van der Waals surface area contributed by atoms with Gasteiger partial charge in [0, 0.05) is 24.6 Å². The zero-order valence-electron chi connectivity index (χ0n) is 17.1. The number of aromatic nitrogens is 2. The number of nitrogens with two attached hydrogens (primary N) is 1. The molecule has 1 fully saturated rings. The van der Waals surface area contributed by atoms with Gasteiger partial charge in [-0.15, -0.1) is 5.10 Å². The molecule has 1 aliphatic rings. The number of nitrogen functional groups attached to an aromatic ring is 1. The van der Waals surface area contributed by atoms with E-state index in [1.165, 1.54) is 5.56 Å². The summed E-state index contributed by atoms with van der Waals surface area (Å²) in [5.74, 6) is 2.31. The number of hydrogen-bond donors (Lipinski definition) is 1. The highest BCUT2D eigenvalue weighted by Gasteiger charge is 2.25. The van der Waals surface area contributed by atoms with Crippen molar-refractivity contribution in [3.8, 4) is 11.5 Å². The van der Waals surface area contributed by atoms with Crippen molar-refractivity contribution >= 4 is 11.7 Å². The molecular weight excluding hydrogens is 376 g/mol. The van der Waals surface area contributed by atoms with E-state index in [0.29, 0.717) is 30.4 Å². The van der Waals surface area contributed by atoms with E-state index in [1.54, 1.807) is 6.07 Å². The molecule has 0 radical (unpaired) electrons. The van der Waals surface area contributed by atoms with Crippen LogP contribution in [-0.4, -0.2) is 34.1 Å². The lowest BCUT2D eigenvalue weighted by Gasteiger charge is -2.31. The summed E-state index contributed by atoms with van der Waals surface area (Å²) in [6.45, 7) is 3.54. The van der Waals surface area contributed by atoms with Crippen molar-refractivity contribution in [1.82, 2.24) is 15.1 Å². The number of likely N-dealkylation sites (tertiary alicyclic amines) is 1. The van der Waals surface area contributed by atoms with Gasteiger partial charge in [0.25, 0.3) is 5.91 Å². The van der Waals surface area contributed by atoms with E-state index in [2.05, 4.69) is 29.3 Å². The number of piperidine rings is 1. The molecule has 30 heavy (non-hydrogen) atoms. The Morgan fingerprint density at radius 2 is 1.60 bits per heavy atom. The lowest BCUT2D eigenvalue weighted by molar-refractivity contribution is 0.0712. The molecule has 1 aromatic heterocycles. The number of ether oxygens (including phenoxy) is 1. The SMILES string of the molecule is CCc1ccc(Oc2ccc(C(=O)N3CCC(c4ccc(N)nn4)CC3)cc2)cc1. The van der Waals surface area contributed by atoms with Crippen LogP contribution < -0.4 is 10.5 Å². The Morgan fingerprint density at radius 3 is 2.17 bits per heavy atom. The summed E-state index contributed by atoms with van der Waals surface area (Å²) in [7, 11) is 0. The van der Waals surface area contributed by atoms with Crippen molar-refractivity contribution < 1.29 is 9.53 Å². The van der Waals surface area contributed by atoms with Gasteiger partial charge in [-0.25, -0.2) is 0 Å². The van der Waals surface area contributed by atoms with Crippen LogP contribution in [0.2, 0.25) is 0 Å². The quantitative estimate of drug-likeness (QED) is 0.683. The van der Waals surface area contributed by atoms with Crippen molar-refractivity contribution in [2.75, 3.05) is 18.8 Å². The summed E-state index contributed by atoms with van der Waals surface area (Å²) >= 11 is 0. The molecule has 1 saturated heterocycles. The number of amides is 1. The number of benzene rings is 2. The molecule has 2 N–H and O–H groups in total. The highest BCUT2D eigenvalue weighted by molar-refractivity contribution is 5.94. The summed E-state index contributed by atoms with van der Waals surface area (Å²) in [4.78, 5) is 14.8. The number of rotatable bonds is 5. The molecule has 4 rings (SSSR count). The van der Waals surface area contributed by atoms with Crippen molar-refractivity contribution in [3.05, 3.63) is 77.5 Å². The minimum absolute atomic E-state index is 0.0516. The highest BCUT2D eigenvalue weighted by atomic mass is 16.5. The second kappa shape index (κ2) is 8.95. The second-order valence-electron chi connectivity index (χ2n) is 7.57. The van der Waals surface area contributed by atoms with E-state index in [1.807, 2.05) is 47.4 Å². The molecule has 6 nitrogen and oxygen atoms in total. The third-order valence-corrected chi connectivity index (χ3v) is 5.57. The minimum atomic E-state index is 0.0516. The van der Waals surface area contributed by atoms with Crippen molar-refractivity contribution in [2.45, 2.75) is 32.1 Å². The average molecular weight is 402 g/mol. The van der Waals surface area contributed by atoms with E-state index in [9.17, 15) is 4.79 Å². The topological polar surface area (TPSA) is 81.3 Å². The predicted octanol–water partition coefficient (Wildman–Crippen LogP) is 4.43. The number of aryl methyl sites for hydroxylation is 1. The Morgan fingerprint density at radius 1 is 0.967 bits per heavy atom. The zero-order chi connectivity index (χ0) is 20.9. The van der Waals surface area contributed by atoms with Gasteiger partial charge in [0.1, 0.15) is 17.3 Å². The van der Waals surface area contributed by atoms with Crippen LogP contribution in [0.3, 0.4) is 0 Å². The van der Waals surface area contributed by atoms with Crippen LogP contribution >= 0.6 is 0 Å². The lowest BCUT2D eigenvalue weighted by Crippen LogP contribution is -2.38. The second-order valence-corrected chi connectivity index (χ2v) is 7.57. The van der Waals surface area contributed by atoms with E-state index in [0.717, 1.165) is 36.5 Å². The fraction of sp³-hybridized carbons (Fsp3) is 0.292. The van der Waals surface area contributed by atoms with Gasteiger partial charge in [-0.2, -0.15) is 5.10 Å². The molecule has 6 heteroatoms. The molecule has 2 heterocycles. The van der Waals surface area contributed by atoms with Crippen LogP contribution in [0.5, 0.6) is 11.5 Å². The number of carbonyl (C=O) groups excluding carboxylic acids is 1. The Labute approximate surface area is 176 Å². The van der Waals surface area contributed by atoms with Crippen LogP contribution in [0, 0.1) is 0 Å². The molecule has 154 valence electrons. The summed E-state index contributed by atoms with van der Waals surface area (Å²) in [5.41, 5.74) is 8.51. The summed E-state index contributed by atoms with van der Waals surface area (Å²) < 4.78 is 5.88. The molecule has 1 amide bonds. The van der Waals surface area contributed by atoms with Gasteiger partial charge >= 0.3 is 0 Å². The largest absolute Gasteiger partial charge is 0.457 e. The van der Waals surface area contributed by atoms with Gasteiger partial charge in [-0.05, 0) is 73.4 Å². The Hall–Kier alpha value is -3.41. The monoisotopic (exact) mass is 402 g/mol. The molecule has 2 aromatic carbocycles. The molecule has 0 spiro atoms. The first-order valence-corrected chi connectivity index (χ1v) is 10.4. The maximum Gasteiger partial charge on any atom is 0.253 e. The molecule has 0 atom stereocenters. The van der Waals surface area contributed by atoms with Gasteiger partial charge in [0.15, 0.2) is 0 Å². The Bertz CT molecular complexity index is 977. The normalized spacial score (nSPS) is 14.5. The van der Waals surface area contributed by atoms with Crippen LogP contribution in [0.25, 0.3) is 0 Å². The Balaban J connectivity index is 1.34. The molecule has 0 unspecified atom stereocenters. The summed E-state index contributed by atoms with van der Waals surface area (Å²) in [6, 6.07) is 19.1. The van der Waals surface area contributed by atoms with Crippen molar-refractivity contribution in [3.63, 3.8) is 0 Å². The third-order valence-electron chi connectivity index (χ3n) is 5.57. The van der Waals surface area contributed by atoms with Gasteiger partial charge in [0.05, 0.1) is 5.69 Å². The van der Waals surface area contributed by atoms with Crippen LogP contribution in [0.15, 0.2) is 60.7 Å².